The summed E-state index contributed by atoms with van der Waals surface area (Å²) in [6.45, 7) is 1.91. The fraction of sp³-hybridized carbons (Fsp3) is 0.176. The zero-order valence-corrected chi connectivity index (χ0v) is 11.9. The standard InChI is InChI=1S/C17H18N2O2/c1-13(14-8-4-2-5-9-14)19-17(20)12-16(18)21-15-10-6-3-7-11-15/h2-11,13,18H,12H2,1H3,(H,19,20). The molecular formula is C17H18N2O2. The number of carbonyl (C=O) groups excluding carboxylic acids is 1. The molecule has 1 amide bonds. The van der Waals surface area contributed by atoms with E-state index in [0.29, 0.717) is 5.75 Å². The van der Waals surface area contributed by atoms with E-state index in [9.17, 15) is 4.79 Å². The molecule has 1 unspecified atom stereocenters. The van der Waals surface area contributed by atoms with Gasteiger partial charge in [0.2, 0.25) is 5.91 Å². The second kappa shape index (κ2) is 7.24. The summed E-state index contributed by atoms with van der Waals surface area (Å²) in [6, 6.07) is 18.6. The van der Waals surface area contributed by atoms with Gasteiger partial charge in [-0.25, -0.2) is 0 Å². The van der Waals surface area contributed by atoms with E-state index in [1.54, 1.807) is 12.1 Å². The van der Waals surface area contributed by atoms with Crippen molar-refractivity contribution in [1.29, 1.82) is 5.41 Å². The van der Waals surface area contributed by atoms with E-state index in [1.807, 2.05) is 55.5 Å². The molecule has 0 radical (unpaired) electrons. The first-order chi connectivity index (χ1) is 10.1. The van der Waals surface area contributed by atoms with E-state index >= 15 is 0 Å². The van der Waals surface area contributed by atoms with E-state index in [4.69, 9.17) is 10.1 Å². The molecule has 0 saturated carbocycles. The molecule has 0 aromatic heterocycles. The van der Waals surface area contributed by atoms with E-state index in [1.165, 1.54) is 0 Å². The summed E-state index contributed by atoms with van der Waals surface area (Å²) in [5.74, 6) is 0.262. The molecule has 2 aromatic carbocycles. The van der Waals surface area contributed by atoms with Crippen molar-refractivity contribution < 1.29 is 9.53 Å². The van der Waals surface area contributed by atoms with Crippen LogP contribution in [0.3, 0.4) is 0 Å². The van der Waals surface area contributed by atoms with Crippen LogP contribution in [-0.4, -0.2) is 11.8 Å². The normalized spacial score (nSPS) is 11.5. The maximum absolute atomic E-state index is 11.9. The lowest BCUT2D eigenvalue weighted by atomic mass is 10.1. The Hall–Kier alpha value is -2.62. The summed E-state index contributed by atoms with van der Waals surface area (Å²) in [6.07, 6.45) is -0.0773. The van der Waals surface area contributed by atoms with Gasteiger partial charge in [0.05, 0.1) is 6.04 Å². The topological polar surface area (TPSA) is 62.2 Å². The molecule has 0 aliphatic carbocycles. The van der Waals surface area contributed by atoms with E-state index in [0.717, 1.165) is 5.56 Å². The van der Waals surface area contributed by atoms with E-state index in [-0.39, 0.29) is 24.3 Å². The van der Waals surface area contributed by atoms with Crippen LogP contribution in [0, 0.1) is 5.41 Å². The Balaban J connectivity index is 1.83. The summed E-state index contributed by atoms with van der Waals surface area (Å²) < 4.78 is 5.29. The van der Waals surface area contributed by atoms with Crippen molar-refractivity contribution in [2.45, 2.75) is 19.4 Å². The first-order valence-corrected chi connectivity index (χ1v) is 6.80. The van der Waals surface area contributed by atoms with Crippen LogP contribution >= 0.6 is 0 Å². The molecule has 0 aliphatic rings. The highest BCUT2D eigenvalue weighted by atomic mass is 16.5. The maximum Gasteiger partial charge on any atom is 0.229 e. The van der Waals surface area contributed by atoms with Gasteiger partial charge < -0.3 is 10.1 Å². The summed E-state index contributed by atoms with van der Waals surface area (Å²) in [4.78, 5) is 11.9. The van der Waals surface area contributed by atoms with Crippen molar-refractivity contribution >= 4 is 11.8 Å². The van der Waals surface area contributed by atoms with Crippen molar-refractivity contribution in [3.8, 4) is 5.75 Å². The van der Waals surface area contributed by atoms with Crippen LogP contribution in [0.25, 0.3) is 0 Å². The highest BCUT2D eigenvalue weighted by molar-refractivity contribution is 5.96. The summed E-state index contributed by atoms with van der Waals surface area (Å²) in [5, 5.41) is 10.6. The molecule has 0 spiro atoms. The average molecular weight is 282 g/mol. The third kappa shape index (κ3) is 4.76. The van der Waals surface area contributed by atoms with Gasteiger partial charge in [0.25, 0.3) is 0 Å². The number of benzene rings is 2. The van der Waals surface area contributed by atoms with Crippen molar-refractivity contribution in [3.05, 3.63) is 66.2 Å². The summed E-state index contributed by atoms with van der Waals surface area (Å²) in [5.41, 5.74) is 1.03. The minimum Gasteiger partial charge on any atom is -0.443 e. The molecule has 4 nitrogen and oxygen atoms in total. The van der Waals surface area contributed by atoms with Gasteiger partial charge in [0.15, 0.2) is 5.90 Å². The molecule has 4 heteroatoms. The van der Waals surface area contributed by atoms with Gasteiger partial charge >= 0.3 is 0 Å². The molecule has 0 fully saturated rings. The van der Waals surface area contributed by atoms with Gasteiger partial charge in [0.1, 0.15) is 12.2 Å². The van der Waals surface area contributed by atoms with Gasteiger partial charge in [-0.15, -0.1) is 0 Å². The van der Waals surface area contributed by atoms with Crippen molar-refractivity contribution in [2.75, 3.05) is 0 Å². The fourth-order valence-electron chi connectivity index (χ4n) is 1.93. The molecule has 2 rings (SSSR count). The fourth-order valence-corrected chi connectivity index (χ4v) is 1.93. The lowest BCUT2D eigenvalue weighted by Crippen LogP contribution is -2.29. The van der Waals surface area contributed by atoms with Crippen LogP contribution in [0.4, 0.5) is 0 Å². The first-order valence-electron chi connectivity index (χ1n) is 6.80. The van der Waals surface area contributed by atoms with Gasteiger partial charge in [-0.1, -0.05) is 48.5 Å². The van der Waals surface area contributed by atoms with Crippen LogP contribution in [0.2, 0.25) is 0 Å². The highest BCUT2D eigenvalue weighted by Gasteiger charge is 2.12. The quantitative estimate of drug-likeness (QED) is 0.653. The summed E-state index contributed by atoms with van der Waals surface area (Å²) in [7, 11) is 0. The third-order valence-corrected chi connectivity index (χ3v) is 2.98. The largest absolute Gasteiger partial charge is 0.443 e. The number of hydrogen-bond acceptors (Lipinski definition) is 3. The zero-order valence-electron chi connectivity index (χ0n) is 11.9. The Morgan fingerprint density at radius 3 is 2.29 bits per heavy atom. The number of para-hydroxylation sites is 1. The monoisotopic (exact) mass is 282 g/mol. The number of amides is 1. The Morgan fingerprint density at radius 1 is 1.10 bits per heavy atom. The van der Waals surface area contributed by atoms with Crippen LogP contribution < -0.4 is 10.1 Å². The molecular weight excluding hydrogens is 264 g/mol. The number of carbonyl (C=O) groups is 1. The Labute approximate surface area is 124 Å². The zero-order chi connectivity index (χ0) is 15.1. The molecule has 0 heterocycles. The molecule has 0 saturated heterocycles. The number of ether oxygens (including phenoxy) is 1. The lowest BCUT2D eigenvalue weighted by molar-refractivity contribution is -0.120. The Kier molecular flexibility index (Phi) is 5.10. The number of nitrogens with one attached hydrogen (secondary N) is 2. The van der Waals surface area contributed by atoms with E-state index in [2.05, 4.69) is 5.32 Å². The van der Waals surface area contributed by atoms with Gasteiger partial charge in [-0.2, -0.15) is 0 Å². The van der Waals surface area contributed by atoms with Crippen LogP contribution in [0.15, 0.2) is 60.7 Å². The van der Waals surface area contributed by atoms with E-state index < -0.39 is 0 Å². The van der Waals surface area contributed by atoms with Crippen molar-refractivity contribution in [2.24, 2.45) is 0 Å². The summed E-state index contributed by atoms with van der Waals surface area (Å²) >= 11 is 0. The van der Waals surface area contributed by atoms with Crippen LogP contribution in [0.1, 0.15) is 24.9 Å². The highest BCUT2D eigenvalue weighted by Crippen LogP contribution is 2.12. The van der Waals surface area contributed by atoms with Crippen LogP contribution in [0.5, 0.6) is 5.75 Å². The Bertz CT molecular complexity index is 597. The smallest absolute Gasteiger partial charge is 0.229 e. The van der Waals surface area contributed by atoms with Gasteiger partial charge in [0, 0.05) is 0 Å². The SMILES string of the molecule is CC(NC(=O)CC(=N)Oc1ccccc1)c1ccccc1. The molecule has 1 atom stereocenters. The second-order valence-corrected chi connectivity index (χ2v) is 4.71. The Morgan fingerprint density at radius 2 is 1.67 bits per heavy atom. The predicted molar refractivity (Wildman–Crippen MR) is 82.4 cm³/mol. The molecule has 2 N–H and O–H groups in total. The molecule has 21 heavy (non-hydrogen) atoms. The average Bonchev–Trinajstić information content (AvgIpc) is 2.48. The molecule has 108 valence electrons. The van der Waals surface area contributed by atoms with Crippen LogP contribution in [-0.2, 0) is 4.79 Å². The maximum atomic E-state index is 11.9. The number of hydrogen-bond donors (Lipinski definition) is 2. The lowest BCUT2D eigenvalue weighted by Gasteiger charge is -2.14. The van der Waals surface area contributed by atoms with Gasteiger partial charge in [-0.05, 0) is 24.6 Å². The predicted octanol–water partition coefficient (Wildman–Crippen LogP) is 3.31. The minimum atomic E-state index is -0.229. The van der Waals surface area contributed by atoms with Gasteiger partial charge in [-0.3, -0.25) is 10.2 Å². The first kappa shape index (κ1) is 14.8. The third-order valence-electron chi connectivity index (χ3n) is 2.98. The molecule has 0 aliphatic heterocycles. The molecule has 0 bridgehead atoms. The van der Waals surface area contributed by atoms with Crippen molar-refractivity contribution in [3.63, 3.8) is 0 Å². The number of rotatable bonds is 5. The second-order valence-electron chi connectivity index (χ2n) is 4.71. The minimum absolute atomic E-state index is 0.0704. The molecule has 2 aromatic rings. The van der Waals surface area contributed by atoms with Crippen molar-refractivity contribution in [1.82, 2.24) is 5.32 Å².